The standard InChI is InChI=1S/C62H55NO/c1-3-21-60-51(4-2)55-35-20-34-53(61(55)64-60)46-24-19-31-50(41-46)63(49-29-12-7-13-30-49)59-37-17-15-32-52(59)45-23-18-22-43(40-45)44-38-39-58-56(42-44)54-33-14-16-36-57(54)62(58,47-25-8-5-9-26-47)48-27-10-6-11-28-48/h3-13,15-18,21-23,25-29,31,35-42,49,52H,2,14,19-20,24,30,32-34H2,1H3/b21-3-. The van der Waals surface area contributed by atoms with Gasteiger partial charge >= 0.3 is 0 Å². The second-order valence-electron chi connectivity index (χ2n) is 17.9. The van der Waals surface area contributed by atoms with Crippen molar-refractivity contribution in [2.45, 2.75) is 75.7 Å². The largest absolute Gasteiger partial charge is 0.456 e. The highest BCUT2D eigenvalue weighted by atomic mass is 16.3. The molecule has 6 aliphatic carbocycles. The molecule has 314 valence electrons. The Bertz CT molecular complexity index is 3040. The summed E-state index contributed by atoms with van der Waals surface area (Å²) in [6, 6.07) is 39.3. The van der Waals surface area contributed by atoms with Gasteiger partial charge in [-0.2, -0.15) is 0 Å². The van der Waals surface area contributed by atoms with Crippen LogP contribution in [0.1, 0.15) is 103 Å². The second-order valence-corrected chi connectivity index (χ2v) is 17.9. The number of furan rings is 1. The molecular weight excluding hydrogens is 775 g/mol. The quantitative estimate of drug-likeness (QED) is 0.139. The first kappa shape index (κ1) is 39.9. The molecule has 11 rings (SSSR count). The summed E-state index contributed by atoms with van der Waals surface area (Å²) < 4.78 is 6.64. The number of allylic oxidation sites excluding steroid dienone is 14. The molecule has 0 saturated carbocycles. The van der Waals surface area contributed by atoms with Gasteiger partial charge in [-0.05, 0) is 144 Å². The Morgan fingerprint density at radius 1 is 0.734 bits per heavy atom. The van der Waals surface area contributed by atoms with Crippen LogP contribution in [0.2, 0.25) is 0 Å². The van der Waals surface area contributed by atoms with E-state index < -0.39 is 0 Å². The molecule has 0 amide bonds. The number of hydrogen-bond acceptors (Lipinski definition) is 2. The minimum Gasteiger partial charge on any atom is -0.456 e. The van der Waals surface area contributed by atoms with Gasteiger partial charge in [-0.3, -0.25) is 0 Å². The summed E-state index contributed by atoms with van der Waals surface area (Å²) in [5, 5.41) is 1.20. The first-order valence-corrected chi connectivity index (χ1v) is 23.5. The first-order chi connectivity index (χ1) is 31.7. The molecule has 1 heterocycles. The fourth-order valence-electron chi connectivity index (χ4n) is 11.6. The minimum absolute atomic E-state index is 0.201. The normalized spacial score (nSPS) is 20.6. The molecule has 0 spiro atoms. The van der Waals surface area contributed by atoms with Crippen LogP contribution in [0.15, 0.2) is 210 Å². The van der Waals surface area contributed by atoms with Gasteiger partial charge in [0, 0.05) is 28.1 Å². The highest BCUT2D eigenvalue weighted by Gasteiger charge is 2.47. The van der Waals surface area contributed by atoms with Crippen molar-refractivity contribution in [3.05, 3.63) is 255 Å². The summed E-state index contributed by atoms with van der Waals surface area (Å²) in [4.78, 5) is 2.66. The number of nitrogens with zero attached hydrogens (tertiary/aromatic N) is 1. The van der Waals surface area contributed by atoms with Crippen molar-refractivity contribution in [1.82, 2.24) is 4.90 Å². The SMILES string of the molecule is C=Cc1c(/C=C\C)oc2c1=CCCC=2C1=CC(N(C2=CC=CCC2c2cccc(-c3ccc4c(c3)C3=C(C=CCC3)C4(c3ccccc3)c3ccccc3)c2)C2C=CC=CC2)=CCC1. The summed E-state index contributed by atoms with van der Waals surface area (Å²) in [6.45, 7) is 6.20. The zero-order valence-corrected chi connectivity index (χ0v) is 36.8. The van der Waals surface area contributed by atoms with Crippen molar-refractivity contribution < 1.29 is 4.42 Å². The number of hydrogen-bond donors (Lipinski definition) is 0. The highest BCUT2D eigenvalue weighted by molar-refractivity contribution is 5.90. The lowest BCUT2D eigenvalue weighted by Crippen LogP contribution is -2.36. The molecule has 0 fully saturated rings. The zero-order valence-electron chi connectivity index (χ0n) is 36.8. The van der Waals surface area contributed by atoms with Crippen molar-refractivity contribution in [3.8, 4) is 11.1 Å². The molecule has 0 saturated heterocycles. The lowest BCUT2D eigenvalue weighted by atomic mass is 9.66. The Morgan fingerprint density at radius 2 is 1.52 bits per heavy atom. The van der Waals surface area contributed by atoms with E-state index in [4.69, 9.17) is 4.42 Å². The van der Waals surface area contributed by atoms with E-state index in [-0.39, 0.29) is 17.4 Å². The van der Waals surface area contributed by atoms with Crippen LogP contribution in [0.3, 0.4) is 0 Å². The molecule has 64 heavy (non-hydrogen) atoms. The predicted octanol–water partition coefficient (Wildman–Crippen LogP) is 14.2. The Hall–Kier alpha value is -6.90. The van der Waals surface area contributed by atoms with Crippen LogP contribution in [-0.4, -0.2) is 10.9 Å². The second kappa shape index (κ2) is 17.0. The maximum atomic E-state index is 6.64. The van der Waals surface area contributed by atoms with Gasteiger partial charge in [0.1, 0.15) is 11.2 Å². The molecule has 0 aliphatic heterocycles. The van der Waals surface area contributed by atoms with Crippen LogP contribution in [0.4, 0.5) is 0 Å². The Labute approximate surface area is 378 Å². The van der Waals surface area contributed by atoms with E-state index >= 15 is 0 Å². The van der Waals surface area contributed by atoms with Crippen LogP contribution < -0.4 is 10.6 Å². The monoisotopic (exact) mass is 829 g/mol. The van der Waals surface area contributed by atoms with Crippen molar-refractivity contribution in [2.75, 3.05) is 0 Å². The maximum Gasteiger partial charge on any atom is 0.138 e. The topological polar surface area (TPSA) is 16.4 Å². The van der Waals surface area contributed by atoms with E-state index in [1.165, 1.54) is 77.8 Å². The van der Waals surface area contributed by atoms with Crippen molar-refractivity contribution >= 4 is 29.4 Å². The fourth-order valence-corrected chi connectivity index (χ4v) is 11.6. The van der Waals surface area contributed by atoms with E-state index in [9.17, 15) is 0 Å². The molecule has 2 unspecified atom stereocenters. The van der Waals surface area contributed by atoms with Crippen LogP contribution in [0.25, 0.3) is 40.5 Å². The molecule has 0 N–H and O–H groups in total. The van der Waals surface area contributed by atoms with Crippen molar-refractivity contribution in [3.63, 3.8) is 0 Å². The fraction of sp³-hybridized carbons (Fsp3) is 0.194. The summed E-state index contributed by atoms with van der Waals surface area (Å²) >= 11 is 0. The van der Waals surface area contributed by atoms with Gasteiger partial charge in [-0.1, -0.05) is 177 Å². The van der Waals surface area contributed by atoms with Crippen LogP contribution >= 0.6 is 0 Å². The third-order valence-corrected chi connectivity index (χ3v) is 14.4. The third-order valence-electron chi connectivity index (χ3n) is 14.4. The minimum atomic E-state index is -0.356. The van der Waals surface area contributed by atoms with E-state index in [2.05, 4.69) is 200 Å². The van der Waals surface area contributed by atoms with Crippen molar-refractivity contribution in [1.29, 1.82) is 0 Å². The summed E-state index contributed by atoms with van der Waals surface area (Å²) in [7, 11) is 0. The molecule has 6 aliphatic rings. The van der Waals surface area contributed by atoms with E-state index in [0.717, 1.165) is 68.1 Å². The maximum absolute atomic E-state index is 6.64. The van der Waals surface area contributed by atoms with Gasteiger partial charge < -0.3 is 9.32 Å². The van der Waals surface area contributed by atoms with Crippen LogP contribution in [-0.2, 0) is 5.41 Å². The van der Waals surface area contributed by atoms with Gasteiger partial charge in [-0.25, -0.2) is 0 Å². The molecule has 2 atom stereocenters. The first-order valence-electron chi connectivity index (χ1n) is 23.5. The van der Waals surface area contributed by atoms with Crippen molar-refractivity contribution in [2.24, 2.45) is 0 Å². The van der Waals surface area contributed by atoms with Gasteiger partial charge in [0.15, 0.2) is 0 Å². The average Bonchev–Trinajstić information content (AvgIpc) is 3.88. The Morgan fingerprint density at radius 3 is 2.30 bits per heavy atom. The number of fused-ring (bicyclic) bond motifs is 3. The Balaban J connectivity index is 0.984. The highest BCUT2D eigenvalue weighted by Crippen LogP contribution is 2.57. The van der Waals surface area contributed by atoms with Gasteiger partial charge in [-0.15, -0.1) is 0 Å². The van der Waals surface area contributed by atoms with Gasteiger partial charge in [0.05, 0.1) is 11.5 Å². The smallest absolute Gasteiger partial charge is 0.138 e. The third kappa shape index (κ3) is 6.70. The van der Waals surface area contributed by atoms with Gasteiger partial charge in [0.25, 0.3) is 0 Å². The molecular formula is C62H55NO. The molecule has 4 aromatic carbocycles. The molecule has 2 nitrogen and oxygen atoms in total. The molecule has 0 bridgehead atoms. The lowest BCUT2D eigenvalue weighted by Gasteiger charge is -2.40. The summed E-state index contributed by atoms with van der Waals surface area (Å²) in [5.74, 6) is 1.10. The molecule has 0 radical (unpaired) electrons. The summed E-state index contributed by atoms with van der Waals surface area (Å²) in [5.41, 5.74) is 19.3. The van der Waals surface area contributed by atoms with E-state index in [1.54, 1.807) is 0 Å². The molecule has 1 aromatic heterocycles. The average molecular weight is 830 g/mol. The lowest BCUT2D eigenvalue weighted by molar-refractivity contribution is 0.343. The van der Waals surface area contributed by atoms with Crippen LogP contribution in [0.5, 0.6) is 0 Å². The predicted molar refractivity (Wildman–Crippen MR) is 268 cm³/mol. The zero-order chi connectivity index (χ0) is 43.0. The van der Waals surface area contributed by atoms with E-state index in [0.29, 0.717) is 0 Å². The Kier molecular flexibility index (Phi) is 10.6. The number of rotatable bonds is 10. The summed E-state index contributed by atoms with van der Waals surface area (Å²) in [6.07, 6.45) is 42.3. The number of benzene rings is 4. The molecule has 5 aromatic rings. The van der Waals surface area contributed by atoms with Crippen LogP contribution in [0, 0.1) is 0 Å². The van der Waals surface area contributed by atoms with E-state index in [1.807, 2.05) is 13.0 Å². The van der Waals surface area contributed by atoms with Gasteiger partial charge in [0.2, 0.25) is 0 Å². The molecule has 2 heteroatoms.